The molecular formula is C15H22N2OS. The van der Waals surface area contributed by atoms with Crippen molar-refractivity contribution >= 4 is 30.1 Å². The maximum Gasteiger partial charge on any atom is 0.140 e. The van der Waals surface area contributed by atoms with Gasteiger partial charge in [0.2, 0.25) is 0 Å². The van der Waals surface area contributed by atoms with Gasteiger partial charge in [-0.15, -0.1) is 0 Å². The molecule has 0 radical (unpaired) electrons. The number of rotatable bonds is 6. The third kappa shape index (κ3) is 3.91. The SMILES string of the molecule is CC=Nc1c(CC)cccc1SN(C)C(C)(C)C=O. The van der Waals surface area contributed by atoms with Gasteiger partial charge in [0.1, 0.15) is 6.29 Å². The van der Waals surface area contributed by atoms with Gasteiger partial charge >= 0.3 is 0 Å². The molecule has 1 aromatic carbocycles. The lowest BCUT2D eigenvalue weighted by atomic mass is 10.1. The molecule has 19 heavy (non-hydrogen) atoms. The van der Waals surface area contributed by atoms with Gasteiger partial charge in [0.25, 0.3) is 0 Å². The molecule has 0 bridgehead atoms. The Morgan fingerprint density at radius 2 is 2.11 bits per heavy atom. The number of likely N-dealkylation sites (N-methyl/N-ethyl adjacent to an activating group) is 1. The zero-order valence-electron chi connectivity index (χ0n) is 12.3. The molecule has 0 aliphatic rings. The van der Waals surface area contributed by atoms with Crippen molar-refractivity contribution in [1.29, 1.82) is 0 Å². The normalized spacial score (nSPS) is 12.3. The summed E-state index contributed by atoms with van der Waals surface area (Å²) in [5.41, 5.74) is 1.73. The van der Waals surface area contributed by atoms with E-state index in [0.717, 1.165) is 23.3 Å². The van der Waals surface area contributed by atoms with Crippen LogP contribution in [0.2, 0.25) is 0 Å². The molecule has 0 spiro atoms. The van der Waals surface area contributed by atoms with E-state index >= 15 is 0 Å². The number of carbonyl (C=O) groups excluding carboxylic acids is 1. The van der Waals surface area contributed by atoms with E-state index in [4.69, 9.17) is 0 Å². The Balaban J connectivity index is 3.10. The Kier molecular flexibility index (Phi) is 5.76. The van der Waals surface area contributed by atoms with Gasteiger partial charge in [-0.25, -0.2) is 4.31 Å². The van der Waals surface area contributed by atoms with Crippen molar-refractivity contribution in [3.63, 3.8) is 0 Å². The molecule has 0 fully saturated rings. The van der Waals surface area contributed by atoms with Gasteiger partial charge in [-0.1, -0.05) is 19.1 Å². The molecule has 4 heteroatoms. The summed E-state index contributed by atoms with van der Waals surface area (Å²) in [5.74, 6) is 0. The number of aldehydes is 1. The summed E-state index contributed by atoms with van der Waals surface area (Å²) < 4.78 is 1.96. The zero-order valence-corrected chi connectivity index (χ0v) is 13.1. The molecule has 0 amide bonds. The van der Waals surface area contributed by atoms with Crippen molar-refractivity contribution in [3.05, 3.63) is 23.8 Å². The minimum absolute atomic E-state index is 0.500. The third-order valence-electron chi connectivity index (χ3n) is 3.06. The highest BCUT2D eigenvalue weighted by Crippen LogP contribution is 2.36. The molecule has 104 valence electrons. The first-order valence-corrected chi connectivity index (χ1v) is 7.22. The second kappa shape index (κ2) is 6.87. The van der Waals surface area contributed by atoms with E-state index in [1.54, 1.807) is 11.9 Å². The lowest BCUT2D eigenvalue weighted by Crippen LogP contribution is -2.37. The van der Waals surface area contributed by atoms with Gasteiger partial charge in [-0.3, -0.25) is 4.99 Å². The minimum Gasteiger partial charge on any atom is -0.301 e. The van der Waals surface area contributed by atoms with E-state index < -0.39 is 5.54 Å². The monoisotopic (exact) mass is 278 g/mol. The summed E-state index contributed by atoms with van der Waals surface area (Å²) >= 11 is 1.56. The smallest absolute Gasteiger partial charge is 0.140 e. The fourth-order valence-corrected chi connectivity index (χ4v) is 2.52. The van der Waals surface area contributed by atoms with E-state index in [9.17, 15) is 4.79 Å². The molecule has 0 unspecified atom stereocenters. The first-order valence-electron chi connectivity index (χ1n) is 6.45. The summed E-state index contributed by atoms with van der Waals surface area (Å²) in [6.45, 7) is 7.84. The number of para-hydroxylation sites is 1. The van der Waals surface area contributed by atoms with Crippen LogP contribution in [0.4, 0.5) is 5.69 Å². The van der Waals surface area contributed by atoms with E-state index in [1.165, 1.54) is 5.56 Å². The van der Waals surface area contributed by atoms with E-state index in [1.807, 2.05) is 50.5 Å². The van der Waals surface area contributed by atoms with Crippen molar-refractivity contribution in [2.24, 2.45) is 4.99 Å². The van der Waals surface area contributed by atoms with Crippen molar-refractivity contribution in [2.75, 3.05) is 7.05 Å². The molecule has 0 saturated carbocycles. The highest BCUT2D eigenvalue weighted by molar-refractivity contribution is 7.97. The summed E-state index contributed by atoms with van der Waals surface area (Å²) in [6.07, 6.45) is 3.72. The number of aryl methyl sites for hydroxylation is 1. The number of nitrogens with zero attached hydrogens (tertiary/aromatic N) is 2. The van der Waals surface area contributed by atoms with Gasteiger partial charge in [-0.2, -0.15) is 0 Å². The van der Waals surface area contributed by atoms with Gasteiger partial charge < -0.3 is 4.79 Å². The largest absolute Gasteiger partial charge is 0.301 e. The van der Waals surface area contributed by atoms with Gasteiger partial charge in [-0.05, 0) is 57.8 Å². The van der Waals surface area contributed by atoms with Crippen LogP contribution in [-0.4, -0.2) is 29.4 Å². The van der Waals surface area contributed by atoms with E-state index in [-0.39, 0.29) is 0 Å². The zero-order chi connectivity index (χ0) is 14.5. The highest BCUT2D eigenvalue weighted by atomic mass is 32.2. The van der Waals surface area contributed by atoms with Gasteiger partial charge in [0.15, 0.2) is 0 Å². The molecule has 1 aromatic rings. The summed E-state index contributed by atoms with van der Waals surface area (Å²) in [5, 5.41) is 0. The first kappa shape index (κ1) is 15.9. The van der Waals surface area contributed by atoms with Gasteiger partial charge in [0, 0.05) is 11.1 Å². The van der Waals surface area contributed by atoms with Crippen LogP contribution < -0.4 is 0 Å². The van der Waals surface area contributed by atoms with Crippen molar-refractivity contribution in [1.82, 2.24) is 4.31 Å². The van der Waals surface area contributed by atoms with Crippen LogP contribution in [-0.2, 0) is 11.2 Å². The van der Waals surface area contributed by atoms with Crippen LogP contribution >= 0.6 is 11.9 Å². The molecule has 0 N–H and O–H groups in total. The van der Waals surface area contributed by atoms with Crippen molar-refractivity contribution in [3.8, 4) is 0 Å². The highest BCUT2D eigenvalue weighted by Gasteiger charge is 2.24. The van der Waals surface area contributed by atoms with Crippen molar-refractivity contribution < 1.29 is 4.79 Å². The molecule has 0 heterocycles. The third-order valence-corrected chi connectivity index (χ3v) is 4.33. The van der Waals surface area contributed by atoms with Crippen LogP contribution in [0.5, 0.6) is 0 Å². The number of carbonyl (C=O) groups is 1. The molecule has 1 rings (SSSR count). The number of aliphatic imine (C=N–C) groups is 1. The lowest BCUT2D eigenvalue weighted by molar-refractivity contribution is -0.113. The standard InChI is InChI=1S/C15H22N2OS/c1-6-12-9-8-10-13(14(12)16-7-2)19-17(5)15(3,4)11-18/h7-11H,6H2,1-5H3. The second-order valence-corrected chi connectivity index (χ2v) is 6.04. The molecular weight excluding hydrogens is 256 g/mol. The topological polar surface area (TPSA) is 32.7 Å². The average Bonchev–Trinajstić information content (AvgIpc) is 2.40. The number of hydrogen-bond donors (Lipinski definition) is 0. The average molecular weight is 278 g/mol. The Morgan fingerprint density at radius 1 is 1.42 bits per heavy atom. The quantitative estimate of drug-likeness (QED) is 0.449. The maximum absolute atomic E-state index is 11.1. The Labute approximate surface area is 120 Å². The van der Waals surface area contributed by atoms with Gasteiger partial charge in [0.05, 0.1) is 11.2 Å². The predicted octanol–water partition coefficient (Wildman–Crippen LogP) is 3.89. The first-order chi connectivity index (χ1) is 8.96. The fraction of sp³-hybridized carbons (Fsp3) is 0.467. The summed E-state index contributed by atoms with van der Waals surface area (Å²) in [4.78, 5) is 16.7. The molecule has 0 aliphatic heterocycles. The minimum atomic E-state index is -0.500. The molecule has 0 atom stereocenters. The maximum atomic E-state index is 11.1. The van der Waals surface area contributed by atoms with Crippen LogP contribution in [0.1, 0.15) is 33.3 Å². The fourth-order valence-electron chi connectivity index (χ4n) is 1.54. The second-order valence-electron chi connectivity index (χ2n) is 4.87. The van der Waals surface area contributed by atoms with E-state index in [0.29, 0.717) is 0 Å². The van der Waals surface area contributed by atoms with Crippen LogP contribution in [0.3, 0.4) is 0 Å². The van der Waals surface area contributed by atoms with Crippen LogP contribution in [0.25, 0.3) is 0 Å². The van der Waals surface area contributed by atoms with Crippen LogP contribution in [0.15, 0.2) is 28.1 Å². The Bertz CT molecular complexity index is 469. The lowest BCUT2D eigenvalue weighted by Gasteiger charge is -2.29. The van der Waals surface area contributed by atoms with Crippen LogP contribution in [0, 0.1) is 0 Å². The summed E-state index contributed by atoms with van der Waals surface area (Å²) in [6, 6.07) is 6.18. The Hall–Kier alpha value is -1.13. The molecule has 0 aromatic heterocycles. The number of hydrogen-bond acceptors (Lipinski definition) is 4. The van der Waals surface area contributed by atoms with Crippen molar-refractivity contribution in [2.45, 2.75) is 44.6 Å². The molecule has 3 nitrogen and oxygen atoms in total. The summed E-state index contributed by atoms with van der Waals surface area (Å²) in [7, 11) is 1.93. The van der Waals surface area contributed by atoms with E-state index in [2.05, 4.69) is 18.0 Å². The molecule has 0 aliphatic carbocycles. The number of benzene rings is 1. The Morgan fingerprint density at radius 3 is 2.63 bits per heavy atom. The molecule has 0 saturated heterocycles. The predicted molar refractivity (Wildman–Crippen MR) is 83.4 cm³/mol.